The fourth-order valence-electron chi connectivity index (χ4n) is 2.92. The normalized spacial score (nSPS) is 17.8. The van der Waals surface area contributed by atoms with Gasteiger partial charge in [0.2, 0.25) is 5.91 Å². The van der Waals surface area contributed by atoms with Gasteiger partial charge in [-0.2, -0.15) is 0 Å². The molecule has 130 valence electrons. The van der Waals surface area contributed by atoms with Crippen molar-refractivity contribution in [2.24, 2.45) is 0 Å². The van der Waals surface area contributed by atoms with E-state index in [1.54, 1.807) is 6.26 Å². The molecule has 1 N–H and O–H groups in total. The van der Waals surface area contributed by atoms with Crippen LogP contribution in [0.1, 0.15) is 30.2 Å². The smallest absolute Gasteiger partial charge is 0.234 e. The molecule has 24 heavy (non-hydrogen) atoms. The van der Waals surface area contributed by atoms with Gasteiger partial charge in [0.1, 0.15) is 5.76 Å². The number of hydrogen-bond acceptors (Lipinski definition) is 6. The highest BCUT2D eigenvalue weighted by molar-refractivity contribution is 5.78. The highest BCUT2D eigenvalue weighted by Gasteiger charge is 2.21. The second-order valence-corrected chi connectivity index (χ2v) is 6.29. The molecule has 1 amide bonds. The minimum atomic E-state index is -0.108. The Balaban J connectivity index is 1.39. The van der Waals surface area contributed by atoms with E-state index < -0.39 is 0 Å². The molecule has 1 saturated heterocycles. The molecule has 1 fully saturated rings. The van der Waals surface area contributed by atoms with Gasteiger partial charge in [-0.05, 0) is 26.0 Å². The molecule has 3 rings (SSSR count). The van der Waals surface area contributed by atoms with Gasteiger partial charge < -0.3 is 14.3 Å². The number of furan rings is 1. The first-order valence-electron chi connectivity index (χ1n) is 8.30. The van der Waals surface area contributed by atoms with Gasteiger partial charge in [0.05, 0.1) is 31.1 Å². The maximum absolute atomic E-state index is 12.2. The highest BCUT2D eigenvalue weighted by atomic mass is 16.5. The van der Waals surface area contributed by atoms with Crippen LogP contribution in [0.2, 0.25) is 0 Å². The molecule has 3 heterocycles. The summed E-state index contributed by atoms with van der Waals surface area (Å²) in [5.74, 6) is 1.69. The first-order chi connectivity index (χ1) is 11.6. The quantitative estimate of drug-likeness (QED) is 0.865. The summed E-state index contributed by atoms with van der Waals surface area (Å²) < 4.78 is 10.6. The van der Waals surface area contributed by atoms with E-state index in [0.29, 0.717) is 6.54 Å². The number of hydrogen-bond donors (Lipinski definition) is 1. The van der Waals surface area contributed by atoms with Crippen LogP contribution in [0.25, 0.3) is 0 Å². The van der Waals surface area contributed by atoms with Crippen molar-refractivity contribution in [1.29, 1.82) is 0 Å². The molecule has 2 aromatic heterocycles. The van der Waals surface area contributed by atoms with E-state index in [1.165, 1.54) is 0 Å². The third-order valence-corrected chi connectivity index (χ3v) is 4.24. The summed E-state index contributed by atoms with van der Waals surface area (Å²) in [5, 5.41) is 6.88. The average Bonchev–Trinajstić information content (AvgIpc) is 3.21. The molecule has 0 aromatic carbocycles. The number of aryl methyl sites for hydroxylation is 1. The molecule has 0 aliphatic carbocycles. The lowest BCUT2D eigenvalue weighted by Gasteiger charge is -2.33. The van der Waals surface area contributed by atoms with E-state index in [-0.39, 0.29) is 11.9 Å². The number of nitrogens with zero attached hydrogens (tertiary/aromatic N) is 3. The maximum atomic E-state index is 12.2. The Morgan fingerprint density at radius 2 is 2.08 bits per heavy atom. The van der Waals surface area contributed by atoms with Gasteiger partial charge in [-0.3, -0.25) is 14.6 Å². The summed E-state index contributed by atoms with van der Waals surface area (Å²) in [6.45, 7) is 8.62. The predicted octanol–water partition coefficient (Wildman–Crippen LogP) is 1.57. The van der Waals surface area contributed by atoms with Crippen molar-refractivity contribution in [3.05, 3.63) is 41.7 Å². The van der Waals surface area contributed by atoms with Crippen LogP contribution in [0.4, 0.5) is 0 Å². The Kier molecular flexibility index (Phi) is 5.32. The number of carbonyl (C=O) groups excluding carboxylic acids is 1. The van der Waals surface area contributed by atoms with Gasteiger partial charge in [-0.15, -0.1) is 0 Å². The Labute approximate surface area is 141 Å². The fraction of sp³-hybridized carbons (Fsp3) is 0.529. The first kappa shape index (κ1) is 16.7. The van der Waals surface area contributed by atoms with Crippen molar-refractivity contribution in [2.45, 2.75) is 26.4 Å². The molecule has 1 unspecified atom stereocenters. The third-order valence-electron chi connectivity index (χ3n) is 4.24. The number of aromatic nitrogens is 1. The van der Waals surface area contributed by atoms with Crippen LogP contribution in [0.3, 0.4) is 0 Å². The van der Waals surface area contributed by atoms with E-state index in [0.717, 1.165) is 49.9 Å². The molecule has 0 radical (unpaired) electrons. The van der Waals surface area contributed by atoms with E-state index in [4.69, 9.17) is 8.94 Å². The molecule has 1 aliphatic rings. The van der Waals surface area contributed by atoms with Crippen molar-refractivity contribution >= 4 is 5.91 Å². The Morgan fingerprint density at radius 1 is 1.33 bits per heavy atom. The standard InChI is InChI=1S/C17H24N4O3/c1-13-10-15(24-19-13)11-20-5-7-21(8-6-20)12-17(22)18-14(2)16-4-3-9-23-16/h3-4,9-10,14H,5-8,11-12H2,1-2H3,(H,18,22). The fourth-order valence-corrected chi connectivity index (χ4v) is 2.92. The zero-order valence-electron chi connectivity index (χ0n) is 14.2. The van der Waals surface area contributed by atoms with E-state index in [9.17, 15) is 4.79 Å². The molecule has 2 aromatic rings. The number of carbonyl (C=O) groups is 1. The Morgan fingerprint density at radius 3 is 2.71 bits per heavy atom. The summed E-state index contributed by atoms with van der Waals surface area (Å²) in [7, 11) is 0. The van der Waals surface area contributed by atoms with Crippen molar-refractivity contribution in [3.8, 4) is 0 Å². The van der Waals surface area contributed by atoms with Crippen molar-refractivity contribution in [3.63, 3.8) is 0 Å². The number of nitrogens with one attached hydrogen (secondary N) is 1. The number of amides is 1. The van der Waals surface area contributed by atoms with Crippen LogP contribution in [0, 0.1) is 6.92 Å². The summed E-state index contributed by atoms with van der Waals surface area (Å²) in [6.07, 6.45) is 1.62. The van der Waals surface area contributed by atoms with E-state index in [1.807, 2.05) is 32.0 Å². The summed E-state index contributed by atoms with van der Waals surface area (Å²) in [6, 6.07) is 5.56. The van der Waals surface area contributed by atoms with Crippen LogP contribution in [-0.4, -0.2) is 53.6 Å². The lowest BCUT2D eigenvalue weighted by Crippen LogP contribution is -2.49. The highest BCUT2D eigenvalue weighted by Crippen LogP contribution is 2.13. The second kappa shape index (κ2) is 7.63. The number of rotatable bonds is 6. The van der Waals surface area contributed by atoms with Crippen LogP contribution < -0.4 is 5.32 Å². The topological polar surface area (TPSA) is 74.8 Å². The molecule has 1 atom stereocenters. The van der Waals surface area contributed by atoms with Gasteiger partial charge in [0.25, 0.3) is 0 Å². The van der Waals surface area contributed by atoms with E-state index >= 15 is 0 Å². The van der Waals surface area contributed by atoms with Gasteiger partial charge in [0, 0.05) is 32.2 Å². The Hall–Kier alpha value is -2.12. The van der Waals surface area contributed by atoms with E-state index in [2.05, 4.69) is 20.3 Å². The minimum Gasteiger partial charge on any atom is -0.467 e. The Bertz CT molecular complexity index is 645. The maximum Gasteiger partial charge on any atom is 0.234 e. The number of piperazine rings is 1. The largest absolute Gasteiger partial charge is 0.467 e. The van der Waals surface area contributed by atoms with Gasteiger partial charge in [-0.1, -0.05) is 5.16 Å². The van der Waals surface area contributed by atoms with Gasteiger partial charge >= 0.3 is 0 Å². The molecule has 7 heteroatoms. The van der Waals surface area contributed by atoms with Gasteiger partial charge in [0.15, 0.2) is 5.76 Å². The van der Waals surface area contributed by atoms with Crippen LogP contribution >= 0.6 is 0 Å². The molecular formula is C17H24N4O3. The molecule has 7 nitrogen and oxygen atoms in total. The molecular weight excluding hydrogens is 308 g/mol. The molecule has 0 bridgehead atoms. The third kappa shape index (κ3) is 4.46. The van der Waals surface area contributed by atoms with Crippen molar-refractivity contribution < 1.29 is 13.7 Å². The van der Waals surface area contributed by atoms with Crippen LogP contribution in [0.15, 0.2) is 33.4 Å². The summed E-state index contributed by atoms with van der Waals surface area (Å²) in [5.41, 5.74) is 0.908. The predicted molar refractivity (Wildman–Crippen MR) is 88.2 cm³/mol. The van der Waals surface area contributed by atoms with Crippen molar-refractivity contribution in [1.82, 2.24) is 20.3 Å². The lowest BCUT2D eigenvalue weighted by molar-refractivity contribution is -0.123. The summed E-state index contributed by atoms with van der Waals surface area (Å²) in [4.78, 5) is 16.7. The SMILES string of the molecule is Cc1cc(CN2CCN(CC(=O)NC(C)c3ccco3)CC2)on1. The summed E-state index contributed by atoms with van der Waals surface area (Å²) >= 11 is 0. The average molecular weight is 332 g/mol. The molecule has 1 aliphatic heterocycles. The van der Waals surface area contributed by atoms with Crippen LogP contribution in [0.5, 0.6) is 0 Å². The van der Waals surface area contributed by atoms with Crippen LogP contribution in [-0.2, 0) is 11.3 Å². The minimum absolute atomic E-state index is 0.0261. The zero-order valence-corrected chi connectivity index (χ0v) is 14.2. The van der Waals surface area contributed by atoms with Crippen molar-refractivity contribution in [2.75, 3.05) is 32.7 Å². The lowest BCUT2D eigenvalue weighted by atomic mass is 10.2. The molecule has 0 saturated carbocycles. The zero-order chi connectivity index (χ0) is 16.9. The second-order valence-electron chi connectivity index (χ2n) is 6.29. The van der Waals surface area contributed by atoms with Gasteiger partial charge in [-0.25, -0.2) is 0 Å². The monoisotopic (exact) mass is 332 g/mol. The molecule has 0 spiro atoms. The first-order valence-corrected chi connectivity index (χ1v) is 8.30.